The average Bonchev–Trinajstić information content (AvgIpc) is 3.19. The third-order valence-electron chi connectivity index (χ3n) is 4.66. The van der Waals surface area contributed by atoms with Crippen molar-refractivity contribution in [1.29, 1.82) is 0 Å². The van der Waals surface area contributed by atoms with Crippen LogP contribution in [0.1, 0.15) is 33.4 Å². The molecule has 3 heterocycles. The normalized spacial score (nSPS) is 21.0. The number of carbonyl (C=O) groups excluding carboxylic acids is 4. The molecule has 184 valence electrons. The lowest BCUT2D eigenvalue weighted by atomic mass is 9.97. The molecule has 3 rings (SSSR count). The van der Waals surface area contributed by atoms with Gasteiger partial charge in [0.15, 0.2) is 10.8 Å². The monoisotopic (exact) mass is 511 g/mol. The number of nitrogens with two attached hydrogens (primary N) is 1. The van der Waals surface area contributed by atoms with Gasteiger partial charge >= 0.3 is 11.9 Å². The molecule has 0 spiro atoms. The molecule has 0 bridgehead atoms. The van der Waals surface area contributed by atoms with Crippen molar-refractivity contribution in [1.82, 2.24) is 15.2 Å². The molecule has 1 aromatic heterocycles. The second-order valence-electron chi connectivity index (χ2n) is 8.29. The Bertz CT molecular complexity index is 1060. The summed E-state index contributed by atoms with van der Waals surface area (Å²) in [6, 6.07) is -0.900. The number of nitrogens with zero attached hydrogens (tertiary/aromatic N) is 3. The first-order chi connectivity index (χ1) is 15.9. The molecule has 0 aliphatic carbocycles. The maximum absolute atomic E-state index is 12.8. The van der Waals surface area contributed by atoms with Crippen molar-refractivity contribution in [2.24, 2.45) is 10.6 Å². The van der Waals surface area contributed by atoms with E-state index in [4.69, 9.17) is 20.0 Å². The number of nitrogen functional groups attached to an aromatic ring is 1. The van der Waals surface area contributed by atoms with Crippen molar-refractivity contribution >= 4 is 57.7 Å². The minimum Gasteiger partial charge on any atom is -0.425 e. The Morgan fingerprint density at radius 1 is 1.32 bits per heavy atom. The van der Waals surface area contributed by atoms with Crippen LogP contribution in [0, 0.1) is 5.41 Å². The summed E-state index contributed by atoms with van der Waals surface area (Å²) in [5, 5.41) is 7.58. The highest BCUT2D eigenvalue weighted by Gasteiger charge is 2.53. The molecular formula is C20H25N5O7S2. The Morgan fingerprint density at radius 2 is 2.03 bits per heavy atom. The molecule has 0 radical (unpaired) electrons. The molecular weight excluding hydrogens is 486 g/mol. The average molecular weight is 512 g/mol. The summed E-state index contributed by atoms with van der Waals surface area (Å²) >= 11 is 2.49. The number of thioether (sulfide) groups is 1. The van der Waals surface area contributed by atoms with E-state index < -0.39 is 46.9 Å². The number of thiazole rings is 1. The second-order valence-corrected chi connectivity index (χ2v) is 10.3. The molecule has 1 aromatic rings. The molecule has 0 aromatic carbocycles. The van der Waals surface area contributed by atoms with Crippen LogP contribution in [-0.4, -0.2) is 69.9 Å². The lowest BCUT2D eigenvalue weighted by Crippen LogP contribution is -2.70. The van der Waals surface area contributed by atoms with E-state index in [0.717, 1.165) is 11.3 Å². The van der Waals surface area contributed by atoms with Gasteiger partial charge in [-0.2, -0.15) is 0 Å². The number of nitrogens with one attached hydrogen (secondary N) is 1. The van der Waals surface area contributed by atoms with Crippen LogP contribution in [-0.2, 0) is 33.5 Å². The van der Waals surface area contributed by atoms with Crippen molar-refractivity contribution in [3.8, 4) is 0 Å². The quantitative estimate of drug-likeness (QED) is 0.176. The topological polar surface area (TPSA) is 163 Å². The van der Waals surface area contributed by atoms with E-state index in [1.54, 1.807) is 32.2 Å². The Morgan fingerprint density at radius 3 is 2.62 bits per heavy atom. The highest BCUT2D eigenvalue weighted by Crippen LogP contribution is 2.38. The summed E-state index contributed by atoms with van der Waals surface area (Å²) in [5.41, 5.74) is 4.97. The molecule has 1 fully saturated rings. The van der Waals surface area contributed by atoms with E-state index in [-0.39, 0.29) is 22.2 Å². The molecule has 12 nitrogen and oxygen atoms in total. The first-order valence-electron chi connectivity index (χ1n) is 10.1. The summed E-state index contributed by atoms with van der Waals surface area (Å²) in [5.74, 6) is -2.10. The first kappa shape index (κ1) is 25.5. The third-order valence-corrected chi connectivity index (χ3v) is 6.52. The van der Waals surface area contributed by atoms with Crippen molar-refractivity contribution in [3.63, 3.8) is 0 Å². The standard InChI is InChI=1S/C20H25N5O7S2/c1-9(32-18(29)20(2,3)4)31-17(28)11-6-7-33-16-13(15(27)25(11)16)23-14(26)12(24-30-5)10-8-34-19(21)22-10/h6,8-9,13,16H,7H2,1-5H3,(H2,21,22)(H,23,26)/b24-12-/t9?,13?,16-/m1/s1. The van der Waals surface area contributed by atoms with Gasteiger partial charge in [0.2, 0.25) is 6.29 Å². The maximum atomic E-state index is 12.8. The number of esters is 2. The van der Waals surface area contributed by atoms with E-state index in [0.29, 0.717) is 5.75 Å². The second kappa shape index (κ2) is 10.0. The summed E-state index contributed by atoms with van der Waals surface area (Å²) in [4.78, 5) is 60.3. The van der Waals surface area contributed by atoms with Crippen LogP contribution in [0.5, 0.6) is 0 Å². The Kier molecular flexibility index (Phi) is 7.51. The highest BCUT2D eigenvalue weighted by atomic mass is 32.2. The van der Waals surface area contributed by atoms with Gasteiger partial charge in [-0.15, -0.1) is 23.1 Å². The van der Waals surface area contributed by atoms with Gasteiger partial charge < -0.3 is 25.4 Å². The van der Waals surface area contributed by atoms with Gasteiger partial charge in [0, 0.05) is 18.1 Å². The van der Waals surface area contributed by atoms with Crippen LogP contribution in [0.15, 0.2) is 22.3 Å². The smallest absolute Gasteiger partial charge is 0.357 e. The van der Waals surface area contributed by atoms with E-state index in [9.17, 15) is 19.2 Å². The van der Waals surface area contributed by atoms with Gasteiger partial charge in [-0.3, -0.25) is 19.3 Å². The molecule has 2 aliphatic rings. The number of hydrogen-bond acceptors (Lipinski definition) is 12. The van der Waals surface area contributed by atoms with Crippen LogP contribution >= 0.6 is 23.1 Å². The molecule has 14 heteroatoms. The molecule has 2 unspecified atom stereocenters. The zero-order valence-electron chi connectivity index (χ0n) is 19.2. The highest BCUT2D eigenvalue weighted by molar-refractivity contribution is 8.00. The molecule has 0 saturated carbocycles. The number of rotatable bonds is 7. The van der Waals surface area contributed by atoms with Gasteiger partial charge in [-0.25, -0.2) is 9.78 Å². The fraction of sp³-hybridized carbons (Fsp3) is 0.500. The molecule has 2 amide bonds. The maximum Gasteiger partial charge on any atom is 0.357 e. The number of aromatic nitrogens is 1. The Labute approximate surface area is 203 Å². The fourth-order valence-electron chi connectivity index (χ4n) is 2.99. The third kappa shape index (κ3) is 5.33. The number of carbonyl (C=O) groups is 4. The minimum atomic E-state index is -1.14. The number of ether oxygens (including phenoxy) is 2. The fourth-order valence-corrected chi connectivity index (χ4v) is 4.74. The molecule has 2 aliphatic heterocycles. The predicted octanol–water partition coefficient (Wildman–Crippen LogP) is 0.838. The number of oxime groups is 1. The van der Waals surface area contributed by atoms with Gasteiger partial charge in [0.05, 0.1) is 5.41 Å². The van der Waals surface area contributed by atoms with Gasteiger partial charge in [-0.05, 0) is 26.8 Å². The lowest BCUT2D eigenvalue weighted by Gasteiger charge is -2.48. The first-order valence-corrected chi connectivity index (χ1v) is 12.1. The largest absolute Gasteiger partial charge is 0.425 e. The molecule has 3 N–H and O–H groups in total. The number of hydrogen-bond donors (Lipinski definition) is 2. The van der Waals surface area contributed by atoms with Crippen LogP contribution < -0.4 is 11.1 Å². The molecule has 3 atom stereocenters. The van der Waals surface area contributed by atoms with E-state index in [1.807, 2.05) is 0 Å². The number of β-lactam (4-membered cyclic amide) rings is 1. The summed E-state index contributed by atoms with van der Waals surface area (Å²) < 4.78 is 10.3. The van der Waals surface area contributed by atoms with Crippen LogP contribution in [0.2, 0.25) is 0 Å². The van der Waals surface area contributed by atoms with Crippen molar-refractivity contribution in [2.75, 3.05) is 18.6 Å². The summed E-state index contributed by atoms with van der Waals surface area (Å²) in [7, 11) is 1.28. The van der Waals surface area contributed by atoms with Crippen molar-refractivity contribution < 1.29 is 33.5 Å². The van der Waals surface area contributed by atoms with E-state index in [1.165, 1.54) is 30.7 Å². The van der Waals surface area contributed by atoms with E-state index >= 15 is 0 Å². The molecule has 1 saturated heterocycles. The zero-order chi connectivity index (χ0) is 25.2. The van der Waals surface area contributed by atoms with Crippen LogP contribution in [0.4, 0.5) is 5.13 Å². The zero-order valence-corrected chi connectivity index (χ0v) is 20.8. The number of anilines is 1. The van der Waals surface area contributed by atoms with Crippen LogP contribution in [0.25, 0.3) is 0 Å². The Hall–Kier alpha value is -3.13. The summed E-state index contributed by atoms with van der Waals surface area (Å²) in [6.45, 7) is 6.44. The van der Waals surface area contributed by atoms with Gasteiger partial charge in [0.25, 0.3) is 11.8 Å². The number of amides is 2. The number of fused-ring (bicyclic) bond motifs is 1. The van der Waals surface area contributed by atoms with Crippen molar-refractivity contribution in [3.05, 3.63) is 22.8 Å². The van der Waals surface area contributed by atoms with Crippen molar-refractivity contribution in [2.45, 2.75) is 45.4 Å². The minimum absolute atomic E-state index is 0.0240. The molecule has 34 heavy (non-hydrogen) atoms. The van der Waals surface area contributed by atoms with E-state index in [2.05, 4.69) is 15.5 Å². The van der Waals surface area contributed by atoms with Crippen LogP contribution in [0.3, 0.4) is 0 Å². The van der Waals surface area contributed by atoms with Gasteiger partial charge in [0.1, 0.15) is 29.9 Å². The lowest BCUT2D eigenvalue weighted by molar-refractivity contribution is -0.189. The predicted molar refractivity (Wildman–Crippen MR) is 124 cm³/mol. The summed E-state index contributed by atoms with van der Waals surface area (Å²) in [6.07, 6.45) is 0.409. The SMILES string of the molecule is CO/N=C(\C(=O)NC1C(=O)N2C(C(=O)OC(C)OC(=O)C(C)(C)C)=CCS[C@H]12)c1csc(N)n1. The van der Waals surface area contributed by atoms with Gasteiger partial charge in [-0.1, -0.05) is 5.16 Å². The Balaban J connectivity index is 1.64.